The summed E-state index contributed by atoms with van der Waals surface area (Å²) in [6, 6.07) is 40.6. The van der Waals surface area contributed by atoms with Gasteiger partial charge in [-0.15, -0.1) is 0 Å². The van der Waals surface area contributed by atoms with Gasteiger partial charge in [0, 0.05) is 27.6 Å². The van der Waals surface area contributed by atoms with Crippen molar-refractivity contribution in [2.24, 2.45) is 0 Å². The van der Waals surface area contributed by atoms with E-state index >= 15 is 0 Å². The normalized spacial score (nSPS) is 13.9. The molecule has 0 radical (unpaired) electrons. The van der Waals surface area contributed by atoms with Crippen molar-refractivity contribution >= 4 is 21.8 Å². The minimum atomic E-state index is -1.30. The van der Waals surface area contributed by atoms with Crippen molar-refractivity contribution in [1.82, 2.24) is 4.57 Å². The third kappa shape index (κ3) is 2.56. The number of hydrogen-bond donors (Lipinski definition) is 1. The lowest BCUT2D eigenvalue weighted by Gasteiger charge is -2.36. The van der Waals surface area contributed by atoms with E-state index in [-0.39, 0.29) is 0 Å². The Hall–Kier alpha value is -4.34. The van der Waals surface area contributed by atoms with Gasteiger partial charge in [0.15, 0.2) is 0 Å². The van der Waals surface area contributed by atoms with Crippen LogP contribution in [0.3, 0.4) is 0 Å². The lowest BCUT2D eigenvalue weighted by Crippen LogP contribution is -2.32. The summed E-state index contributed by atoms with van der Waals surface area (Å²) < 4.78 is 8.39. The highest BCUT2D eigenvalue weighted by Crippen LogP contribution is 2.50. The van der Waals surface area contributed by atoms with Crippen LogP contribution in [0, 0.1) is 0 Å². The zero-order valence-corrected chi connectivity index (χ0v) is 18.3. The molecular formula is C31H21NO2. The number of aromatic nitrogens is 1. The molecule has 7 rings (SSSR count). The predicted octanol–water partition coefficient (Wildman–Crippen LogP) is 7.17. The van der Waals surface area contributed by atoms with Gasteiger partial charge >= 0.3 is 0 Å². The van der Waals surface area contributed by atoms with E-state index in [9.17, 15) is 5.11 Å². The monoisotopic (exact) mass is 439 g/mol. The van der Waals surface area contributed by atoms with Crippen molar-refractivity contribution in [1.29, 1.82) is 0 Å². The van der Waals surface area contributed by atoms with Gasteiger partial charge in [0.25, 0.3) is 0 Å². The highest BCUT2D eigenvalue weighted by molar-refractivity contribution is 6.09. The molecule has 1 aliphatic rings. The molecule has 1 aliphatic heterocycles. The molecule has 0 fully saturated rings. The summed E-state index contributed by atoms with van der Waals surface area (Å²) in [7, 11) is 0. The van der Waals surface area contributed by atoms with Crippen LogP contribution in [0.5, 0.6) is 11.5 Å². The van der Waals surface area contributed by atoms with E-state index < -0.39 is 5.60 Å². The number of nitrogens with zero attached hydrogens (tertiary/aromatic N) is 1. The molecule has 5 aromatic carbocycles. The van der Waals surface area contributed by atoms with Gasteiger partial charge in [0.05, 0.1) is 11.0 Å². The largest absolute Gasteiger partial charge is 0.457 e. The number of fused-ring (bicyclic) bond motifs is 5. The fraction of sp³-hybridized carbons (Fsp3) is 0.0323. The standard InChI is InChI=1S/C31H21NO2/c33-31(25-11-3-7-15-29(25)34-30-16-8-4-12-26(30)31)21-17-19-22(20-18-21)32-27-13-5-1-9-23(27)24-10-2-6-14-28(24)32/h1-20,33H. The molecule has 0 spiro atoms. The maximum Gasteiger partial charge on any atom is 0.147 e. The van der Waals surface area contributed by atoms with Crippen LogP contribution < -0.4 is 4.74 Å². The van der Waals surface area contributed by atoms with E-state index in [1.54, 1.807) is 0 Å². The van der Waals surface area contributed by atoms with E-state index in [1.165, 1.54) is 10.8 Å². The summed E-state index contributed by atoms with van der Waals surface area (Å²) >= 11 is 0. The number of para-hydroxylation sites is 4. The first-order valence-electron chi connectivity index (χ1n) is 11.4. The van der Waals surface area contributed by atoms with Crippen LogP contribution in [0.25, 0.3) is 27.5 Å². The van der Waals surface area contributed by atoms with Gasteiger partial charge in [-0.2, -0.15) is 0 Å². The zero-order valence-electron chi connectivity index (χ0n) is 18.3. The minimum Gasteiger partial charge on any atom is -0.457 e. The van der Waals surface area contributed by atoms with Crippen LogP contribution in [0.2, 0.25) is 0 Å². The van der Waals surface area contributed by atoms with Crippen molar-refractivity contribution in [3.63, 3.8) is 0 Å². The maximum atomic E-state index is 12.2. The minimum absolute atomic E-state index is 0.676. The molecule has 0 aliphatic carbocycles. The third-order valence-corrected chi connectivity index (χ3v) is 6.90. The zero-order chi connectivity index (χ0) is 22.7. The lowest BCUT2D eigenvalue weighted by atomic mass is 9.78. The average Bonchev–Trinajstić information content (AvgIpc) is 3.23. The summed E-state index contributed by atoms with van der Waals surface area (Å²) in [5, 5.41) is 14.7. The van der Waals surface area contributed by atoms with Crippen LogP contribution in [0.1, 0.15) is 16.7 Å². The first-order valence-corrected chi connectivity index (χ1v) is 11.4. The molecule has 162 valence electrons. The van der Waals surface area contributed by atoms with Gasteiger partial charge in [0.2, 0.25) is 0 Å². The number of benzene rings is 5. The Balaban J connectivity index is 1.43. The topological polar surface area (TPSA) is 34.4 Å². The summed E-state index contributed by atoms with van der Waals surface area (Å²) in [6.45, 7) is 0. The molecule has 1 aromatic heterocycles. The third-order valence-electron chi connectivity index (χ3n) is 6.90. The van der Waals surface area contributed by atoms with Crippen LogP contribution in [-0.2, 0) is 5.60 Å². The molecule has 1 N–H and O–H groups in total. The van der Waals surface area contributed by atoms with Gasteiger partial charge in [-0.3, -0.25) is 0 Å². The van der Waals surface area contributed by atoms with Crippen molar-refractivity contribution < 1.29 is 9.84 Å². The molecule has 0 bridgehead atoms. The number of ether oxygens (including phenoxy) is 1. The van der Waals surface area contributed by atoms with Crippen LogP contribution in [-0.4, -0.2) is 9.67 Å². The summed E-state index contributed by atoms with van der Waals surface area (Å²) in [5.41, 5.74) is 4.38. The predicted molar refractivity (Wildman–Crippen MR) is 136 cm³/mol. The Kier molecular flexibility index (Phi) is 3.99. The Bertz CT molecular complexity index is 1600. The van der Waals surface area contributed by atoms with Crippen molar-refractivity contribution in [3.8, 4) is 17.2 Å². The lowest BCUT2D eigenvalue weighted by molar-refractivity contribution is 0.112. The second-order valence-corrected chi connectivity index (χ2v) is 8.72. The molecule has 0 amide bonds. The van der Waals surface area contributed by atoms with E-state index in [0.29, 0.717) is 11.5 Å². The van der Waals surface area contributed by atoms with Crippen LogP contribution >= 0.6 is 0 Å². The molecule has 2 heterocycles. The molecule has 6 aromatic rings. The Labute approximate surface area is 197 Å². The molecule has 0 saturated heterocycles. The summed E-state index contributed by atoms with van der Waals surface area (Å²) in [6.07, 6.45) is 0. The summed E-state index contributed by atoms with van der Waals surface area (Å²) in [5.74, 6) is 1.35. The fourth-order valence-corrected chi connectivity index (χ4v) is 5.34. The van der Waals surface area contributed by atoms with Crippen molar-refractivity contribution in [2.45, 2.75) is 5.60 Å². The van der Waals surface area contributed by atoms with Crippen molar-refractivity contribution in [2.75, 3.05) is 0 Å². The van der Waals surface area contributed by atoms with Gasteiger partial charge in [-0.25, -0.2) is 0 Å². The van der Waals surface area contributed by atoms with Crippen LogP contribution in [0.15, 0.2) is 121 Å². The quantitative estimate of drug-likeness (QED) is 0.310. The smallest absolute Gasteiger partial charge is 0.147 e. The highest BCUT2D eigenvalue weighted by Gasteiger charge is 2.41. The first kappa shape index (κ1) is 19.2. The van der Waals surface area contributed by atoms with E-state index in [2.05, 4.69) is 65.2 Å². The maximum absolute atomic E-state index is 12.2. The van der Waals surface area contributed by atoms with Crippen LogP contribution in [0.4, 0.5) is 0 Å². The van der Waals surface area contributed by atoms with E-state index in [4.69, 9.17) is 4.74 Å². The van der Waals surface area contributed by atoms with Crippen molar-refractivity contribution in [3.05, 3.63) is 138 Å². The Morgan fingerprint density at radius 3 is 1.56 bits per heavy atom. The Morgan fingerprint density at radius 2 is 1.00 bits per heavy atom. The van der Waals surface area contributed by atoms with Gasteiger partial charge in [0.1, 0.15) is 17.1 Å². The van der Waals surface area contributed by atoms with Gasteiger partial charge in [-0.1, -0.05) is 84.9 Å². The number of hydrogen-bond acceptors (Lipinski definition) is 2. The molecule has 0 atom stereocenters. The second kappa shape index (κ2) is 7.08. The van der Waals surface area contributed by atoms with E-state index in [0.717, 1.165) is 33.4 Å². The van der Waals surface area contributed by atoms with E-state index in [1.807, 2.05) is 60.7 Å². The Morgan fingerprint density at radius 1 is 0.529 bits per heavy atom. The molecule has 3 heteroatoms. The molecule has 34 heavy (non-hydrogen) atoms. The second-order valence-electron chi connectivity index (χ2n) is 8.72. The number of rotatable bonds is 2. The molecule has 3 nitrogen and oxygen atoms in total. The number of aliphatic hydroxyl groups is 1. The van der Waals surface area contributed by atoms with Gasteiger partial charge in [-0.05, 0) is 42.0 Å². The molecular weight excluding hydrogens is 418 g/mol. The van der Waals surface area contributed by atoms with Gasteiger partial charge < -0.3 is 14.4 Å². The SMILES string of the molecule is OC1(c2ccc(-n3c4ccccc4c4ccccc43)cc2)c2ccccc2Oc2ccccc21. The first-order chi connectivity index (χ1) is 16.7. The summed E-state index contributed by atoms with van der Waals surface area (Å²) in [4.78, 5) is 0. The fourth-order valence-electron chi connectivity index (χ4n) is 5.34. The molecule has 0 saturated carbocycles. The highest BCUT2D eigenvalue weighted by atomic mass is 16.5. The molecule has 0 unspecified atom stereocenters. The average molecular weight is 440 g/mol.